The molecular formula is C17H24N2O4. The molecule has 0 spiro atoms. The maximum Gasteiger partial charge on any atom is 0.246 e. The normalized spacial score (nSPS) is 21.1. The predicted octanol–water partition coefficient (Wildman–Crippen LogP) is 1.61. The first-order valence-electron chi connectivity index (χ1n) is 8.01. The molecule has 1 fully saturated rings. The van der Waals surface area contributed by atoms with Gasteiger partial charge in [0.25, 0.3) is 0 Å². The van der Waals surface area contributed by atoms with Crippen molar-refractivity contribution in [2.24, 2.45) is 5.92 Å². The van der Waals surface area contributed by atoms with Gasteiger partial charge in [-0.05, 0) is 30.5 Å². The van der Waals surface area contributed by atoms with E-state index in [1.165, 1.54) is 0 Å². The van der Waals surface area contributed by atoms with Crippen LogP contribution in [0.1, 0.15) is 38.4 Å². The minimum Gasteiger partial charge on any atom is -0.394 e. The average Bonchev–Trinajstić information content (AvgIpc) is 2.56. The monoisotopic (exact) mass is 320 g/mol. The zero-order chi connectivity index (χ0) is 16.8. The summed E-state index contributed by atoms with van der Waals surface area (Å²) in [5.74, 6) is -0.183. The molecule has 0 radical (unpaired) electrons. The highest BCUT2D eigenvalue weighted by Gasteiger charge is 2.30. The third-order valence-corrected chi connectivity index (χ3v) is 4.17. The number of rotatable bonds is 6. The number of nitrogens with one attached hydrogen (secondary N) is 2. The van der Waals surface area contributed by atoms with Gasteiger partial charge in [0, 0.05) is 11.6 Å². The summed E-state index contributed by atoms with van der Waals surface area (Å²) in [6.07, 6.45) is 1.24. The molecule has 1 heterocycles. The van der Waals surface area contributed by atoms with Crippen molar-refractivity contribution in [2.75, 3.05) is 18.5 Å². The van der Waals surface area contributed by atoms with E-state index in [9.17, 15) is 14.7 Å². The van der Waals surface area contributed by atoms with Crippen LogP contribution in [0.15, 0.2) is 24.3 Å². The molecule has 2 rings (SSSR count). The average molecular weight is 320 g/mol. The first-order valence-corrected chi connectivity index (χ1v) is 8.01. The van der Waals surface area contributed by atoms with Crippen LogP contribution in [0.3, 0.4) is 0 Å². The molecule has 1 aliphatic heterocycles. The summed E-state index contributed by atoms with van der Waals surface area (Å²) in [5.41, 5.74) is 1.58. The lowest BCUT2D eigenvalue weighted by Crippen LogP contribution is -2.49. The smallest absolute Gasteiger partial charge is 0.246 e. The van der Waals surface area contributed by atoms with Crippen LogP contribution in [0.2, 0.25) is 0 Å². The second kappa shape index (κ2) is 8.08. The predicted molar refractivity (Wildman–Crippen MR) is 86.9 cm³/mol. The molecule has 3 N–H and O–H groups in total. The number of hydrogen-bond donors (Lipinski definition) is 3. The molecule has 0 saturated carbocycles. The van der Waals surface area contributed by atoms with Crippen LogP contribution < -0.4 is 10.6 Å². The highest BCUT2D eigenvalue weighted by molar-refractivity contribution is 5.92. The van der Waals surface area contributed by atoms with Crippen molar-refractivity contribution in [1.29, 1.82) is 0 Å². The standard InChI is InChI=1S/C17H24N2O4/c1-3-11(4-2)17(22)18-13-7-5-12(6-8-13)16-14(9-20)19-15(21)10-23-16/h5-8,11,14,16,20H,3-4,9-10H2,1-2H3,(H,18,22)(H,19,21)/t14-,16-/m1/s1. The summed E-state index contributed by atoms with van der Waals surface area (Å²) in [6.45, 7) is 3.79. The molecule has 6 heteroatoms. The largest absolute Gasteiger partial charge is 0.394 e. The Kier molecular flexibility index (Phi) is 6.12. The quantitative estimate of drug-likeness (QED) is 0.743. The third-order valence-electron chi connectivity index (χ3n) is 4.17. The van der Waals surface area contributed by atoms with E-state index in [1.807, 2.05) is 38.1 Å². The molecule has 0 unspecified atom stereocenters. The van der Waals surface area contributed by atoms with Gasteiger partial charge in [-0.3, -0.25) is 9.59 Å². The van der Waals surface area contributed by atoms with Gasteiger partial charge in [0.1, 0.15) is 12.7 Å². The molecular weight excluding hydrogens is 296 g/mol. The maximum atomic E-state index is 12.1. The fourth-order valence-corrected chi connectivity index (χ4v) is 2.74. The van der Waals surface area contributed by atoms with Crippen LogP contribution in [0.25, 0.3) is 0 Å². The summed E-state index contributed by atoms with van der Waals surface area (Å²) in [7, 11) is 0. The Morgan fingerprint density at radius 1 is 1.35 bits per heavy atom. The van der Waals surface area contributed by atoms with Crippen molar-refractivity contribution in [3.63, 3.8) is 0 Å². The number of aliphatic hydroxyl groups excluding tert-OH is 1. The lowest BCUT2D eigenvalue weighted by Gasteiger charge is -2.31. The topological polar surface area (TPSA) is 87.7 Å². The van der Waals surface area contributed by atoms with E-state index in [2.05, 4.69) is 10.6 Å². The van der Waals surface area contributed by atoms with Crippen molar-refractivity contribution in [3.05, 3.63) is 29.8 Å². The Hall–Kier alpha value is -1.92. The van der Waals surface area contributed by atoms with Crippen LogP contribution in [-0.4, -0.2) is 36.2 Å². The van der Waals surface area contributed by atoms with E-state index in [4.69, 9.17) is 4.74 Å². The molecule has 0 aromatic heterocycles. The van der Waals surface area contributed by atoms with Crippen molar-refractivity contribution < 1.29 is 19.4 Å². The number of carbonyl (C=O) groups is 2. The Morgan fingerprint density at radius 2 is 2.00 bits per heavy atom. The van der Waals surface area contributed by atoms with Gasteiger partial charge in [-0.15, -0.1) is 0 Å². The van der Waals surface area contributed by atoms with Crippen molar-refractivity contribution >= 4 is 17.5 Å². The fourth-order valence-electron chi connectivity index (χ4n) is 2.74. The van der Waals surface area contributed by atoms with Gasteiger partial charge >= 0.3 is 0 Å². The van der Waals surface area contributed by atoms with Crippen molar-refractivity contribution in [3.8, 4) is 0 Å². The van der Waals surface area contributed by atoms with Gasteiger partial charge in [0.15, 0.2) is 0 Å². The van der Waals surface area contributed by atoms with Gasteiger partial charge < -0.3 is 20.5 Å². The molecule has 2 amide bonds. The van der Waals surface area contributed by atoms with Gasteiger partial charge in [0.2, 0.25) is 11.8 Å². The van der Waals surface area contributed by atoms with E-state index in [1.54, 1.807) is 0 Å². The van der Waals surface area contributed by atoms with Crippen LogP contribution in [0, 0.1) is 5.92 Å². The Bertz CT molecular complexity index is 540. The molecule has 0 bridgehead atoms. The molecule has 1 saturated heterocycles. The molecule has 1 aromatic carbocycles. The molecule has 0 aliphatic carbocycles. The second-order valence-corrected chi connectivity index (χ2v) is 5.71. The number of ether oxygens (including phenoxy) is 1. The van der Waals surface area contributed by atoms with Crippen LogP contribution in [0.5, 0.6) is 0 Å². The van der Waals surface area contributed by atoms with Crippen LogP contribution in [-0.2, 0) is 14.3 Å². The summed E-state index contributed by atoms with van der Waals surface area (Å²) in [5, 5.41) is 15.0. The molecule has 1 aromatic rings. The summed E-state index contributed by atoms with van der Waals surface area (Å²) >= 11 is 0. The van der Waals surface area contributed by atoms with Gasteiger partial charge in [-0.1, -0.05) is 26.0 Å². The number of amides is 2. The molecule has 1 aliphatic rings. The SMILES string of the molecule is CCC(CC)C(=O)Nc1ccc([C@H]2OCC(=O)N[C@@H]2CO)cc1. The van der Waals surface area contributed by atoms with E-state index < -0.39 is 6.04 Å². The molecule has 6 nitrogen and oxygen atoms in total. The second-order valence-electron chi connectivity index (χ2n) is 5.71. The Balaban J connectivity index is 2.04. The highest BCUT2D eigenvalue weighted by atomic mass is 16.5. The highest BCUT2D eigenvalue weighted by Crippen LogP contribution is 2.25. The number of benzene rings is 1. The number of anilines is 1. The van der Waals surface area contributed by atoms with Crippen LogP contribution in [0.4, 0.5) is 5.69 Å². The summed E-state index contributed by atoms with van der Waals surface area (Å²) < 4.78 is 5.51. The Morgan fingerprint density at radius 3 is 2.57 bits per heavy atom. The van der Waals surface area contributed by atoms with E-state index in [-0.39, 0.29) is 37.0 Å². The van der Waals surface area contributed by atoms with Gasteiger partial charge in [0.05, 0.1) is 12.6 Å². The maximum absolute atomic E-state index is 12.1. The van der Waals surface area contributed by atoms with E-state index in [0.717, 1.165) is 24.1 Å². The lowest BCUT2D eigenvalue weighted by molar-refractivity contribution is -0.138. The number of hydrogen-bond acceptors (Lipinski definition) is 4. The zero-order valence-electron chi connectivity index (χ0n) is 13.5. The van der Waals surface area contributed by atoms with Gasteiger partial charge in [-0.2, -0.15) is 0 Å². The number of aliphatic hydroxyl groups is 1. The summed E-state index contributed by atoms with van der Waals surface area (Å²) in [4.78, 5) is 23.4. The fraction of sp³-hybridized carbons (Fsp3) is 0.529. The molecule has 2 atom stereocenters. The lowest BCUT2D eigenvalue weighted by atomic mass is 10.00. The first kappa shape index (κ1) is 17.4. The van der Waals surface area contributed by atoms with Crippen LogP contribution >= 0.6 is 0 Å². The minimum atomic E-state index is -0.457. The zero-order valence-corrected chi connectivity index (χ0v) is 13.5. The number of morpholine rings is 1. The summed E-state index contributed by atoms with van der Waals surface area (Å²) in [6, 6.07) is 6.84. The minimum absolute atomic E-state index is 0.0188. The van der Waals surface area contributed by atoms with E-state index >= 15 is 0 Å². The van der Waals surface area contributed by atoms with E-state index in [0.29, 0.717) is 0 Å². The van der Waals surface area contributed by atoms with Gasteiger partial charge in [-0.25, -0.2) is 0 Å². The van der Waals surface area contributed by atoms with Crippen molar-refractivity contribution in [1.82, 2.24) is 5.32 Å². The molecule has 23 heavy (non-hydrogen) atoms. The molecule has 126 valence electrons. The Labute approximate surface area is 136 Å². The van der Waals surface area contributed by atoms with Crippen molar-refractivity contribution in [2.45, 2.75) is 38.8 Å². The number of carbonyl (C=O) groups excluding carboxylic acids is 2. The third kappa shape index (κ3) is 4.30. The first-order chi connectivity index (χ1) is 11.1.